The first-order valence-electron chi connectivity index (χ1n) is 7.73. The van der Waals surface area contributed by atoms with Crippen molar-refractivity contribution < 1.29 is 18.3 Å². The molecule has 0 aromatic heterocycles. The molecule has 5 nitrogen and oxygen atoms in total. The fourth-order valence-electron chi connectivity index (χ4n) is 2.27. The lowest BCUT2D eigenvalue weighted by Crippen LogP contribution is -2.15. The van der Waals surface area contributed by atoms with E-state index >= 15 is 0 Å². The molecule has 0 saturated carbocycles. The van der Waals surface area contributed by atoms with E-state index in [0.29, 0.717) is 5.92 Å². The van der Waals surface area contributed by atoms with Crippen molar-refractivity contribution in [3.05, 3.63) is 59.7 Å². The summed E-state index contributed by atoms with van der Waals surface area (Å²) >= 11 is 0. The number of sulfonamides is 1. The number of carboxylic acids is 1. The van der Waals surface area contributed by atoms with Gasteiger partial charge in [0.1, 0.15) is 0 Å². The maximum Gasteiger partial charge on any atom is 0.337 e. The zero-order chi connectivity index (χ0) is 17.7. The first kappa shape index (κ1) is 18.0. The van der Waals surface area contributed by atoms with Crippen LogP contribution in [-0.2, 0) is 16.4 Å². The highest BCUT2D eigenvalue weighted by Crippen LogP contribution is 2.23. The quantitative estimate of drug-likeness (QED) is 0.798. The second kappa shape index (κ2) is 7.49. The van der Waals surface area contributed by atoms with E-state index in [9.17, 15) is 18.3 Å². The number of hydrogen-bond donors (Lipinski definition) is 2. The topological polar surface area (TPSA) is 83.5 Å². The number of hydrogen-bond acceptors (Lipinski definition) is 3. The molecule has 2 rings (SSSR count). The molecule has 0 aliphatic rings. The number of aromatic carboxylic acids is 1. The molecule has 0 radical (unpaired) electrons. The lowest BCUT2D eigenvalue weighted by atomic mass is 10.0. The van der Waals surface area contributed by atoms with Crippen molar-refractivity contribution in [2.75, 3.05) is 4.72 Å². The first-order chi connectivity index (χ1) is 11.3. The minimum atomic E-state index is -3.82. The second-order valence-electron chi connectivity index (χ2n) is 6.04. The predicted octanol–water partition coefficient (Wildman–Crippen LogP) is 3.77. The Hall–Kier alpha value is -2.34. The number of carbonyl (C=O) groups is 1. The van der Waals surface area contributed by atoms with E-state index in [1.807, 2.05) is 0 Å². The molecule has 0 unspecified atom stereocenters. The highest BCUT2D eigenvalue weighted by atomic mass is 32.2. The minimum Gasteiger partial charge on any atom is -0.478 e. The van der Waals surface area contributed by atoms with Gasteiger partial charge in [-0.1, -0.05) is 38.1 Å². The zero-order valence-corrected chi connectivity index (χ0v) is 14.5. The third kappa shape index (κ3) is 4.58. The van der Waals surface area contributed by atoms with Crippen molar-refractivity contribution in [2.45, 2.75) is 31.6 Å². The van der Waals surface area contributed by atoms with Crippen molar-refractivity contribution in [3.8, 4) is 0 Å². The van der Waals surface area contributed by atoms with Crippen LogP contribution in [0.5, 0.6) is 0 Å². The molecule has 128 valence electrons. The van der Waals surface area contributed by atoms with Crippen molar-refractivity contribution >= 4 is 21.7 Å². The molecule has 24 heavy (non-hydrogen) atoms. The van der Waals surface area contributed by atoms with Gasteiger partial charge in [-0.05, 0) is 48.6 Å². The van der Waals surface area contributed by atoms with Gasteiger partial charge in [0.25, 0.3) is 10.0 Å². The molecular formula is C18H21NO4S. The number of rotatable bonds is 7. The van der Waals surface area contributed by atoms with Crippen LogP contribution in [-0.4, -0.2) is 19.5 Å². The molecule has 0 bridgehead atoms. The molecule has 6 heteroatoms. The van der Waals surface area contributed by atoms with Gasteiger partial charge < -0.3 is 5.11 Å². The van der Waals surface area contributed by atoms with Crippen LogP contribution in [0.2, 0.25) is 0 Å². The highest BCUT2D eigenvalue weighted by Gasteiger charge is 2.18. The van der Waals surface area contributed by atoms with E-state index in [4.69, 9.17) is 0 Å². The molecule has 2 aromatic rings. The van der Waals surface area contributed by atoms with E-state index < -0.39 is 16.0 Å². The molecule has 2 aromatic carbocycles. The van der Waals surface area contributed by atoms with Gasteiger partial charge in [-0.15, -0.1) is 0 Å². The Morgan fingerprint density at radius 1 is 1.12 bits per heavy atom. The second-order valence-corrected chi connectivity index (χ2v) is 7.72. The van der Waals surface area contributed by atoms with Crippen LogP contribution in [0.3, 0.4) is 0 Å². The molecule has 0 atom stereocenters. The zero-order valence-electron chi connectivity index (χ0n) is 13.7. The Kier molecular flexibility index (Phi) is 5.62. The minimum absolute atomic E-state index is 0.0456. The highest BCUT2D eigenvalue weighted by molar-refractivity contribution is 7.92. The van der Waals surface area contributed by atoms with Gasteiger partial charge in [-0.25, -0.2) is 13.2 Å². The van der Waals surface area contributed by atoms with Crippen molar-refractivity contribution in [1.82, 2.24) is 0 Å². The first-order valence-corrected chi connectivity index (χ1v) is 9.22. The van der Waals surface area contributed by atoms with Crippen LogP contribution in [0.25, 0.3) is 0 Å². The molecule has 0 aliphatic carbocycles. The summed E-state index contributed by atoms with van der Waals surface area (Å²) in [6.45, 7) is 4.20. The lowest BCUT2D eigenvalue weighted by Gasteiger charge is -2.12. The fourth-order valence-corrected chi connectivity index (χ4v) is 3.37. The van der Waals surface area contributed by atoms with Crippen molar-refractivity contribution in [2.24, 2.45) is 5.92 Å². The fraction of sp³-hybridized carbons (Fsp3) is 0.278. The molecule has 0 heterocycles. The SMILES string of the molecule is CC(C)CCc1ccc(NS(=O)(=O)c2ccccc2)c(C(=O)O)c1. The molecule has 0 fully saturated rings. The number of aryl methyl sites for hydroxylation is 1. The van der Waals surface area contributed by atoms with E-state index in [0.717, 1.165) is 18.4 Å². The summed E-state index contributed by atoms with van der Waals surface area (Å²) in [6, 6.07) is 12.7. The van der Waals surface area contributed by atoms with Crippen LogP contribution >= 0.6 is 0 Å². The number of benzene rings is 2. The van der Waals surface area contributed by atoms with E-state index in [2.05, 4.69) is 18.6 Å². The summed E-state index contributed by atoms with van der Waals surface area (Å²) in [7, 11) is -3.82. The van der Waals surface area contributed by atoms with Gasteiger partial charge in [0.05, 0.1) is 16.1 Å². The summed E-state index contributed by atoms with van der Waals surface area (Å²) in [6.07, 6.45) is 1.69. The van der Waals surface area contributed by atoms with Crippen LogP contribution in [0.15, 0.2) is 53.4 Å². The summed E-state index contributed by atoms with van der Waals surface area (Å²) in [5, 5.41) is 9.40. The molecule has 0 saturated heterocycles. The summed E-state index contributed by atoms with van der Waals surface area (Å²) in [4.78, 5) is 11.6. The molecule has 0 amide bonds. The third-order valence-electron chi connectivity index (χ3n) is 3.62. The van der Waals surface area contributed by atoms with E-state index in [1.165, 1.54) is 24.3 Å². The largest absolute Gasteiger partial charge is 0.478 e. The van der Waals surface area contributed by atoms with Gasteiger partial charge in [0.15, 0.2) is 0 Å². The Labute approximate surface area is 142 Å². The molecule has 2 N–H and O–H groups in total. The summed E-state index contributed by atoms with van der Waals surface area (Å²) in [5.74, 6) is -0.651. The standard InChI is InChI=1S/C18H21NO4S/c1-13(2)8-9-14-10-11-17(16(12-14)18(20)21)19-24(22,23)15-6-4-3-5-7-15/h3-7,10-13,19H,8-9H2,1-2H3,(H,20,21). The Bertz CT molecular complexity index is 814. The van der Waals surface area contributed by atoms with Crippen LogP contribution < -0.4 is 4.72 Å². The maximum atomic E-state index is 12.4. The number of nitrogens with one attached hydrogen (secondary N) is 1. The molecule has 0 spiro atoms. The van der Waals surface area contributed by atoms with E-state index in [1.54, 1.807) is 24.3 Å². The normalized spacial score (nSPS) is 11.5. The monoisotopic (exact) mass is 347 g/mol. The van der Waals surface area contributed by atoms with Gasteiger partial charge in [-0.3, -0.25) is 4.72 Å². The summed E-state index contributed by atoms with van der Waals surface area (Å²) < 4.78 is 27.1. The lowest BCUT2D eigenvalue weighted by molar-refractivity contribution is 0.0698. The Morgan fingerprint density at radius 3 is 2.38 bits per heavy atom. The van der Waals surface area contributed by atoms with Crippen molar-refractivity contribution in [3.63, 3.8) is 0 Å². The Morgan fingerprint density at radius 2 is 1.79 bits per heavy atom. The average Bonchev–Trinajstić information content (AvgIpc) is 2.54. The Balaban J connectivity index is 2.31. The van der Waals surface area contributed by atoms with Crippen LogP contribution in [0.4, 0.5) is 5.69 Å². The predicted molar refractivity (Wildman–Crippen MR) is 93.8 cm³/mol. The molecular weight excluding hydrogens is 326 g/mol. The maximum absolute atomic E-state index is 12.4. The van der Waals surface area contributed by atoms with Gasteiger partial charge in [0.2, 0.25) is 0 Å². The molecule has 0 aliphatic heterocycles. The van der Waals surface area contributed by atoms with Gasteiger partial charge in [-0.2, -0.15) is 0 Å². The average molecular weight is 347 g/mol. The number of anilines is 1. The number of carboxylic acid groups (broad SMARTS) is 1. The van der Waals surface area contributed by atoms with Crippen LogP contribution in [0.1, 0.15) is 36.2 Å². The van der Waals surface area contributed by atoms with Gasteiger partial charge in [0, 0.05) is 0 Å². The van der Waals surface area contributed by atoms with Crippen molar-refractivity contribution in [1.29, 1.82) is 0 Å². The van der Waals surface area contributed by atoms with Crippen LogP contribution in [0, 0.1) is 5.92 Å². The smallest absolute Gasteiger partial charge is 0.337 e. The van der Waals surface area contributed by atoms with Gasteiger partial charge >= 0.3 is 5.97 Å². The van der Waals surface area contributed by atoms with E-state index in [-0.39, 0.29) is 16.1 Å². The third-order valence-corrected chi connectivity index (χ3v) is 5.00. The summed E-state index contributed by atoms with van der Waals surface area (Å²) in [5.41, 5.74) is 0.902.